The van der Waals surface area contributed by atoms with Gasteiger partial charge in [-0.25, -0.2) is 0 Å². The van der Waals surface area contributed by atoms with Crippen molar-refractivity contribution in [3.8, 4) is 0 Å². The first-order valence-corrected chi connectivity index (χ1v) is 5.70. The quantitative estimate of drug-likeness (QED) is 0.741. The van der Waals surface area contributed by atoms with Gasteiger partial charge < -0.3 is 5.32 Å². The van der Waals surface area contributed by atoms with E-state index in [4.69, 9.17) is 34.8 Å². The van der Waals surface area contributed by atoms with Gasteiger partial charge in [-0.3, -0.25) is 0 Å². The highest BCUT2D eigenvalue weighted by Gasteiger charge is 2.22. The van der Waals surface area contributed by atoms with Crippen molar-refractivity contribution in [3.63, 3.8) is 0 Å². The molecular formula is C10H10Cl3N. The number of halogens is 3. The van der Waals surface area contributed by atoms with Gasteiger partial charge in [0.15, 0.2) is 0 Å². The van der Waals surface area contributed by atoms with E-state index in [9.17, 15) is 0 Å². The van der Waals surface area contributed by atoms with Crippen molar-refractivity contribution in [1.82, 2.24) is 5.32 Å². The minimum absolute atomic E-state index is 0.258. The van der Waals surface area contributed by atoms with Crippen LogP contribution in [0.3, 0.4) is 0 Å². The van der Waals surface area contributed by atoms with Gasteiger partial charge in [0.1, 0.15) is 0 Å². The van der Waals surface area contributed by atoms with E-state index in [1.807, 2.05) is 0 Å². The minimum atomic E-state index is 0.258. The highest BCUT2D eigenvalue weighted by molar-refractivity contribution is 6.44. The smallest absolute Gasteiger partial charge is 0.0655 e. The molecule has 1 aromatic carbocycles. The molecule has 76 valence electrons. The van der Waals surface area contributed by atoms with E-state index in [-0.39, 0.29) is 6.04 Å². The normalized spacial score (nSPS) is 21.5. The fourth-order valence-electron chi connectivity index (χ4n) is 1.79. The van der Waals surface area contributed by atoms with Crippen LogP contribution in [-0.4, -0.2) is 6.54 Å². The first-order chi connectivity index (χ1) is 6.70. The standard InChI is InChI=1S/C10H10Cl3N/c11-6-3-4-7(12)10(13)9(6)8-2-1-5-14-8/h3-4,8,14H,1-2,5H2/t8-/m0/s1. The number of nitrogens with one attached hydrogen (secondary N) is 1. The first-order valence-electron chi connectivity index (χ1n) is 4.57. The molecule has 0 aliphatic carbocycles. The lowest BCUT2D eigenvalue weighted by molar-refractivity contribution is 0.648. The number of hydrogen-bond donors (Lipinski definition) is 1. The van der Waals surface area contributed by atoms with Crippen molar-refractivity contribution < 1.29 is 0 Å². The molecule has 0 unspecified atom stereocenters. The van der Waals surface area contributed by atoms with E-state index in [1.165, 1.54) is 0 Å². The third-order valence-corrected chi connectivity index (χ3v) is 3.64. The highest BCUT2D eigenvalue weighted by Crippen LogP contribution is 2.38. The largest absolute Gasteiger partial charge is 0.310 e. The molecule has 14 heavy (non-hydrogen) atoms. The molecule has 1 atom stereocenters. The summed E-state index contributed by atoms with van der Waals surface area (Å²) in [5.74, 6) is 0. The van der Waals surface area contributed by atoms with E-state index in [2.05, 4.69) is 5.32 Å². The SMILES string of the molecule is Clc1ccc(Cl)c([C@@H]2CCCN2)c1Cl. The Morgan fingerprint density at radius 1 is 1.14 bits per heavy atom. The maximum Gasteiger partial charge on any atom is 0.0655 e. The van der Waals surface area contributed by atoms with Crippen molar-refractivity contribution in [1.29, 1.82) is 0 Å². The topological polar surface area (TPSA) is 12.0 Å². The van der Waals surface area contributed by atoms with Crippen LogP contribution in [0.2, 0.25) is 15.1 Å². The van der Waals surface area contributed by atoms with Crippen LogP contribution in [-0.2, 0) is 0 Å². The summed E-state index contributed by atoms with van der Waals surface area (Å²) in [5.41, 5.74) is 0.943. The number of hydrogen-bond acceptors (Lipinski definition) is 1. The molecule has 0 spiro atoms. The van der Waals surface area contributed by atoms with Crippen LogP contribution in [0.1, 0.15) is 24.4 Å². The molecule has 1 heterocycles. The summed E-state index contributed by atoms with van der Waals surface area (Å²) in [7, 11) is 0. The maximum atomic E-state index is 6.12. The van der Waals surface area contributed by atoms with Gasteiger partial charge in [0.25, 0.3) is 0 Å². The zero-order valence-corrected chi connectivity index (χ0v) is 9.76. The number of rotatable bonds is 1. The van der Waals surface area contributed by atoms with Crippen molar-refractivity contribution in [2.24, 2.45) is 0 Å². The summed E-state index contributed by atoms with van der Waals surface area (Å²) < 4.78 is 0. The van der Waals surface area contributed by atoms with Crippen LogP contribution in [0.5, 0.6) is 0 Å². The summed E-state index contributed by atoms with van der Waals surface area (Å²) in [6, 6.07) is 3.78. The Balaban J connectivity index is 2.44. The second kappa shape index (κ2) is 4.28. The van der Waals surface area contributed by atoms with Crippen LogP contribution in [0.15, 0.2) is 12.1 Å². The van der Waals surface area contributed by atoms with Gasteiger partial charge >= 0.3 is 0 Å². The average Bonchev–Trinajstić information content (AvgIpc) is 2.65. The second-order valence-electron chi connectivity index (χ2n) is 3.41. The van der Waals surface area contributed by atoms with Crippen LogP contribution in [0, 0.1) is 0 Å². The molecular weight excluding hydrogens is 240 g/mol. The predicted molar refractivity (Wildman–Crippen MR) is 61.4 cm³/mol. The molecule has 1 aliphatic rings. The van der Waals surface area contributed by atoms with Gasteiger partial charge in [0.2, 0.25) is 0 Å². The summed E-state index contributed by atoms with van der Waals surface area (Å²) in [6.45, 7) is 1.02. The summed E-state index contributed by atoms with van der Waals surface area (Å²) in [6.07, 6.45) is 2.23. The predicted octanol–water partition coefficient (Wildman–Crippen LogP) is 4.07. The second-order valence-corrected chi connectivity index (χ2v) is 4.60. The molecule has 1 aromatic rings. The fourth-order valence-corrected chi connectivity index (χ4v) is 2.59. The molecule has 0 bridgehead atoms. The third kappa shape index (κ3) is 1.87. The lowest BCUT2D eigenvalue weighted by Gasteiger charge is -2.15. The van der Waals surface area contributed by atoms with Crippen LogP contribution in [0.4, 0.5) is 0 Å². The Hall–Kier alpha value is 0.0500. The molecule has 2 rings (SSSR count). The first kappa shape index (κ1) is 10.6. The summed E-state index contributed by atoms with van der Waals surface area (Å²) >= 11 is 18.2. The lowest BCUT2D eigenvalue weighted by Crippen LogP contribution is -2.13. The van der Waals surface area contributed by atoms with Crippen molar-refractivity contribution in [3.05, 3.63) is 32.8 Å². The van der Waals surface area contributed by atoms with Gasteiger partial charge in [0.05, 0.1) is 10.0 Å². The Morgan fingerprint density at radius 2 is 1.86 bits per heavy atom. The zero-order chi connectivity index (χ0) is 10.1. The molecule has 0 aromatic heterocycles. The Morgan fingerprint density at radius 3 is 2.50 bits per heavy atom. The van der Waals surface area contributed by atoms with Gasteiger partial charge in [-0.05, 0) is 31.5 Å². The van der Waals surface area contributed by atoms with Crippen LogP contribution >= 0.6 is 34.8 Å². The molecule has 0 saturated carbocycles. The highest BCUT2D eigenvalue weighted by atomic mass is 35.5. The molecule has 1 aliphatic heterocycles. The van der Waals surface area contributed by atoms with E-state index >= 15 is 0 Å². The maximum absolute atomic E-state index is 6.12. The van der Waals surface area contributed by atoms with E-state index in [0.717, 1.165) is 24.9 Å². The molecule has 4 heteroatoms. The lowest BCUT2D eigenvalue weighted by atomic mass is 10.1. The van der Waals surface area contributed by atoms with Crippen molar-refractivity contribution in [2.75, 3.05) is 6.54 Å². The van der Waals surface area contributed by atoms with Gasteiger partial charge in [0, 0.05) is 16.6 Å². The van der Waals surface area contributed by atoms with Crippen LogP contribution in [0.25, 0.3) is 0 Å². The van der Waals surface area contributed by atoms with E-state index in [1.54, 1.807) is 12.1 Å². The van der Waals surface area contributed by atoms with Gasteiger partial charge in [-0.1, -0.05) is 34.8 Å². The van der Waals surface area contributed by atoms with E-state index < -0.39 is 0 Å². The Kier molecular flexibility index (Phi) is 3.23. The number of benzene rings is 1. The molecule has 0 amide bonds. The molecule has 1 nitrogen and oxygen atoms in total. The van der Waals surface area contributed by atoms with Gasteiger partial charge in [-0.15, -0.1) is 0 Å². The Bertz CT molecular complexity index is 345. The fraction of sp³-hybridized carbons (Fsp3) is 0.400. The molecule has 1 N–H and O–H groups in total. The summed E-state index contributed by atoms with van der Waals surface area (Å²) in [4.78, 5) is 0. The third-order valence-electron chi connectivity index (χ3n) is 2.49. The van der Waals surface area contributed by atoms with Crippen molar-refractivity contribution >= 4 is 34.8 Å². The average molecular weight is 251 g/mol. The van der Waals surface area contributed by atoms with Crippen LogP contribution < -0.4 is 5.32 Å². The molecule has 0 radical (unpaired) electrons. The minimum Gasteiger partial charge on any atom is -0.310 e. The van der Waals surface area contributed by atoms with Crippen molar-refractivity contribution in [2.45, 2.75) is 18.9 Å². The Labute approximate surface area is 98.3 Å². The van der Waals surface area contributed by atoms with Gasteiger partial charge in [-0.2, -0.15) is 0 Å². The zero-order valence-electron chi connectivity index (χ0n) is 7.49. The summed E-state index contributed by atoms with van der Waals surface area (Å²) in [5, 5.41) is 5.20. The van der Waals surface area contributed by atoms with E-state index in [0.29, 0.717) is 15.1 Å². The monoisotopic (exact) mass is 249 g/mol. The molecule has 1 saturated heterocycles. The molecule has 1 fully saturated rings.